The van der Waals surface area contributed by atoms with Crippen LogP contribution in [0.1, 0.15) is 52.9 Å². The highest BCUT2D eigenvalue weighted by atomic mass is 16.5. The minimum atomic E-state index is 0.190. The van der Waals surface area contributed by atoms with Crippen molar-refractivity contribution in [3.8, 4) is 0 Å². The third-order valence-electron chi connectivity index (χ3n) is 4.19. The van der Waals surface area contributed by atoms with Gasteiger partial charge < -0.3 is 15.0 Å². The topological polar surface area (TPSA) is 49.9 Å². The summed E-state index contributed by atoms with van der Waals surface area (Å²) in [5.41, 5.74) is 0.190. The van der Waals surface area contributed by atoms with Gasteiger partial charge in [0.2, 0.25) is 0 Å². The van der Waals surface area contributed by atoms with Crippen molar-refractivity contribution in [2.75, 3.05) is 6.61 Å². The summed E-state index contributed by atoms with van der Waals surface area (Å²) in [5.74, 6) is 1.60. The molecule has 1 aromatic rings. The molecule has 2 rings (SSSR count). The SMILES string of the molecule is CC(C)COC1CC(NC(C)c2ncc[nH]2)C1(C)C. The summed E-state index contributed by atoms with van der Waals surface area (Å²) in [5, 5.41) is 3.65. The number of nitrogens with one attached hydrogen (secondary N) is 2. The molecular weight excluding hydrogens is 238 g/mol. The van der Waals surface area contributed by atoms with Gasteiger partial charge in [-0.25, -0.2) is 4.98 Å². The van der Waals surface area contributed by atoms with E-state index < -0.39 is 0 Å². The molecule has 19 heavy (non-hydrogen) atoms. The average molecular weight is 265 g/mol. The summed E-state index contributed by atoms with van der Waals surface area (Å²) in [6, 6.07) is 0.745. The second-order valence-corrected chi connectivity index (χ2v) is 6.69. The highest BCUT2D eigenvalue weighted by Crippen LogP contribution is 2.43. The number of nitrogens with zero attached hydrogens (tertiary/aromatic N) is 1. The fourth-order valence-electron chi connectivity index (χ4n) is 2.65. The Bertz CT molecular complexity index is 386. The number of ether oxygens (including phenoxy) is 1. The molecule has 4 nitrogen and oxygen atoms in total. The molecule has 0 radical (unpaired) electrons. The van der Waals surface area contributed by atoms with Crippen LogP contribution < -0.4 is 5.32 Å². The maximum absolute atomic E-state index is 5.99. The molecule has 4 heteroatoms. The highest BCUT2D eigenvalue weighted by molar-refractivity contribution is 5.05. The van der Waals surface area contributed by atoms with Gasteiger partial charge in [0, 0.05) is 30.5 Å². The zero-order valence-electron chi connectivity index (χ0n) is 12.7. The second kappa shape index (κ2) is 5.63. The Balaban J connectivity index is 1.84. The molecule has 3 atom stereocenters. The first-order chi connectivity index (χ1) is 8.91. The lowest BCUT2D eigenvalue weighted by Crippen LogP contribution is -2.61. The lowest BCUT2D eigenvalue weighted by atomic mass is 9.64. The molecule has 1 fully saturated rings. The molecule has 2 N–H and O–H groups in total. The van der Waals surface area contributed by atoms with E-state index in [-0.39, 0.29) is 11.5 Å². The summed E-state index contributed by atoms with van der Waals surface area (Å²) in [6.07, 6.45) is 5.13. The number of hydrogen-bond donors (Lipinski definition) is 2. The Morgan fingerprint density at radius 3 is 2.74 bits per heavy atom. The van der Waals surface area contributed by atoms with Gasteiger partial charge in [0.15, 0.2) is 0 Å². The number of aromatic amines is 1. The van der Waals surface area contributed by atoms with Crippen LogP contribution >= 0.6 is 0 Å². The lowest BCUT2D eigenvalue weighted by molar-refractivity contribution is -0.125. The van der Waals surface area contributed by atoms with E-state index in [9.17, 15) is 0 Å². The van der Waals surface area contributed by atoms with Crippen molar-refractivity contribution in [1.29, 1.82) is 0 Å². The van der Waals surface area contributed by atoms with Crippen LogP contribution in [0, 0.1) is 11.3 Å². The zero-order valence-corrected chi connectivity index (χ0v) is 12.7. The summed E-state index contributed by atoms with van der Waals surface area (Å²) in [7, 11) is 0. The van der Waals surface area contributed by atoms with Crippen molar-refractivity contribution in [1.82, 2.24) is 15.3 Å². The Hall–Kier alpha value is -0.870. The fourth-order valence-corrected chi connectivity index (χ4v) is 2.65. The van der Waals surface area contributed by atoms with E-state index in [1.807, 2.05) is 6.20 Å². The van der Waals surface area contributed by atoms with Crippen molar-refractivity contribution in [3.05, 3.63) is 18.2 Å². The van der Waals surface area contributed by atoms with Crippen LogP contribution in [0.2, 0.25) is 0 Å². The van der Waals surface area contributed by atoms with E-state index in [1.54, 1.807) is 6.20 Å². The van der Waals surface area contributed by atoms with E-state index in [4.69, 9.17) is 4.74 Å². The zero-order chi connectivity index (χ0) is 14.0. The van der Waals surface area contributed by atoms with Crippen LogP contribution in [0.4, 0.5) is 0 Å². The first-order valence-electron chi connectivity index (χ1n) is 7.28. The number of rotatable bonds is 6. The van der Waals surface area contributed by atoms with Gasteiger partial charge in [-0.2, -0.15) is 0 Å². The lowest BCUT2D eigenvalue weighted by Gasteiger charge is -2.52. The molecule has 0 amide bonds. The van der Waals surface area contributed by atoms with Gasteiger partial charge in [0.25, 0.3) is 0 Å². The molecule has 0 aromatic carbocycles. The van der Waals surface area contributed by atoms with Gasteiger partial charge in [-0.3, -0.25) is 0 Å². The van der Waals surface area contributed by atoms with Crippen molar-refractivity contribution >= 4 is 0 Å². The van der Waals surface area contributed by atoms with E-state index in [0.717, 1.165) is 18.9 Å². The summed E-state index contributed by atoms with van der Waals surface area (Å²) in [6.45, 7) is 12.0. The molecule has 0 bridgehead atoms. The van der Waals surface area contributed by atoms with Crippen LogP contribution in [0.3, 0.4) is 0 Å². The normalized spacial score (nSPS) is 27.3. The molecule has 3 unspecified atom stereocenters. The van der Waals surface area contributed by atoms with Gasteiger partial charge in [0.1, 0.15) is 5.82 Å². The Morgan fingerprint density at radius 2 is 2.21 bits per heavy atom. The van der Waals surface area contributed by atoms with E-state index in [0.29, 0.717) is 18.1 Å². The van der Waals surface area contributed by atoms with Gasteiger partial charge in [0.05, 0.1) is 12.1 Å². The quantitative estimate of drug-likeness (QED) is 0.831. The van der Waals surface area contributed by atoms with Crippen molar-refractivity contribution < 1.29 is 4.74 Å². The largest absolute Gasteiger partial charge is 0.377 e. The second-order valence-electron chi connectivity index (χ2n) is 6.69. The molecule has 0 aliphatic heterocycles. The standard InChI is InChI=1S/C15H27N3O/c1-10(2)9-19-13-8-12(15(13,4)5)18-11(3)14-16-6-7-17-14/h6-7,10-13,18H,8-9H2,1-5H3,(H,16,17). The molecule has 0 saturated heterocycles. The molecule has 1 aromatic heterocycles. The maximum Gasteiger partial charge on any atom is 0.122 e. The molecular formula is C15H27N3O. The van der Waals surface area contributed by atoms with Crippen LogP contribution in [0.15, 0.2) is 12.4 Å². The van der Waals surface area contributed by atoms with Gasteiger partial charge >= 0.3 is 0 Å². The maximum atomic E-state index is 5.99. The third-order valence-corrected chi connectivity index (χ3v) is 4.19. The first-order valence-corrected chi connectivity index (χ1v) is 7.28. The predicted octanol–water partition coefficient (Wildman–Crippen LogP) is 2.90. The van der Waals surface area contributed by atoms with Crippen molar-refractivity contribution in [2.45, 2.75) is 59.2 Å². The van der Waals surface area contributed by atoms with Crippen LogP contribution in [0.25, 0.3) is 0 Å². The van der Waals surface area contributed by atoms with Gasteiger partial charge in [-0.1, -0.05) is 27.7 Å². The molecule has 1 heterocycles. The van der Waals surface area contributed by atoms with E-state index in [1.165, 1.54) is 0 Å². The summed E-state index contributed by atoms with van der Waals surface area (Å²) in [4.78, 5) is 7.47. The number of aromatic nitrogens is 2. The number of hydrogen-bond acceptors (Lipinski definition) is 3. The van der Waals surface area contributed by atoms with Gasteiger partial charge in [-0.15, -0.1) is 0 Å². The Morgan fingerprint density at radius 1 is 1.47 bits per heavy atom. The van der Waals surface area contributed by atoms with Crippen molar-refractivity contribution in [2.24, 2.45) is 11.3 Å². The molecule has 1 saturated carbocycles. The Labute approximate surface area is 116 Å². The smallest absolute Gasteiger partial charge is 0.122 e. The molecule has 1 aliphatic rings. The highest BCUT2D eigenvalue weighted by Gasteiger charge is 2.49. The van der Waals surface area contributed by atoms with Crippen LogP contribution in [0.5, 0.6) is 0 Å². The van der Waals surface area contributed by atoms with E-state index in [2.05, 4.69) is 49.9 Å². The number of H-pyrrole nitrogens is 1. The fraction of sp³-hybridized carbons (Fsp3) is 0.800. The molecule has 1 aliphatic carbocycles. The predicted molar refractivity (Wildman–Crippen MR) is 76.9 cm³/mol. The minimum Gasteiger partial charge on any atom is -0.377 e. The minimum absolute atomic E-state index is 0.190. The summed E-state index contributed by atoms with van der Waals surface area (Å²) >= 11 is 0. The van der Waals surface area contributed by atoms with E-state index >= 15 is 0 Å². The Kier molecular flexibility index (Phi) is 4.31. The summed E-state index contributed by atoms with van der Waals surface area (Å²) < 4.78 is 5.99. The third kappa shape index (κ3) is 3.18. The van der Waals surface area contributed by atoms with Crippen LogP contribution in [-0.2, 0) is 4.74 Å². The molecule has 0 spiro atoms. The van der Waals surface area contributed by atoms with Gasteiger partial charge in [-0.05, 0) is 19.3 Å². The molecule has 108 valence electrons. The monoisotopic (exact) mass is 265 g/mol. The first kappa shape index (κ1) is 14.5. The van der Waals surface area contributed by atoms with Crippen molar-refractivity contribution in [3.63, 3.8) is 0 Å². The average Bonchev–Trinajstić information content (AvgIpc) is 2.85. The number of imidazole rings is 1. The van der Waals surface area contributed by atoms with Crippen LogP contribution in [-0.4, -0.2) is 28.7 Å².